The second kappa shape index (κ2) is 11.6. The number of rotatable bonds is 7. The van der Waals surface area contributed by atoms with E-state index in [0.717, 1.165) is 54.8 Å². The van der Waals surface area contributed by atoms with Gasteiger partial charge in [0, 0.05) is 53.1 Å². The van der Waals surface area contributed by atoms with Gasteiger partial charge in [0.25, 0.3) is 5.91 Å². The van der Waals surface area contributed by atoms with Gasteiger partial charge in [-0.25, -0.2) is 0 Å². The number of carbonyl (C=O) groups excluding carboxylic acids is 2. The molecule has 1 spiro atoms. The van der Waals surface area contributed by atoms with Gasteiger partial charge in [0.15, 0.2) is 0 Å². The maximum atomic E-state index is 14.6. The highest BCUT2D eigenvalue weighted by molar-refractivity contribution is 7.05. The van der Waals surface area contributed by atoms with E-state index in [1.54, 1.807) is 12.1 Å². The van der Waals surface area contributed by atoms with E-state index in [4.69, 9.17) is 0 Å². The minimum absolute atomic E-state index is 0.0289. The first-order valence-corrected chi connectivity index (χ1v) is 16.9. The van der Waals surface area contributed by atoms with Crippen molar-refractivity contribution in [1.29, 1.82) is 0 Å². The SMILES string of the molecule is C=CC(=O)N1CC[C@]2(CCN([C@@H](C)c3cc4c(c(C(F)(F)F)c3)CN(c3cccc([C@H](c5nnsc5C)C5CCC5)c3)C4=O)C2)C1. The number of aryl methyl sites for hydroxylation is 1. The molecule has 1 aliphatic carbocycles. The summed E-state index contributed by atoms with van der Waals surface area (Å²) in [4.78, 5) is 32.7. The Labute approximate surface area is 271 Å². The van der Waals surface area contributed by atoms with E-state index in [0.29, 0.717) is 36.8 Å². The summed E-state index contributed by atoms with van der Waals surface area (Å²) < 4.78 is 48.0. The summed E-state index contributed by atoms with van der Waals surface area (Å²) >= 11 is 1.37. The van der Waals surface area contributed by atoms with Crippen LogP contribution >= 0.6 is 11.5 Å². The van der Waals surface area contributed by atoms with Gasteiger partial charge >= 0.3 is 6.18 Å². The van der Waals surface area contributed by atoms with Crippen molar-refractivity contribution in [3.63, 3.8) is 0 Å². The third-order valence-electron chi connectivity index (χ3n) is 10.9. The van der Waals surface area contributed by atoms with E-state index < -0.39 is 17.6 Å². The van der Waals surface area contributed by atoms with Crippen LogP contribution < -0.4 is 4.90 Å². The third-order valence-corrected chi connectivity index (χ3v) is 11.6. The van der Waals surface area contributed by atoms with Crippen LogP contribution in [0.1, 0.15) is 94.2 Å². The maximum Gasteiger partial charge on any atom is 0.416 e. The standard InChI is InChI=1S/C35H38F3N5O2S/c1-4-30(44)42-14-12-34(20-42)11-13-41(19-34)21(2)25-16-27-28(29(17-25)35(36,37)38)18-43(33(27)45)26-10-6-9-24(15-26)31(23-7-5-8-23)32-22(3)46-40-39-32/h4,6,9-10,15-17,21,23,31H,1,5,7-8,11-14,18-20H2,2-3H3/t21-,31+,34-/m0/s1. The van der Waals surface area contributed by atoms with Crippen LogP contribution in [-0.2, 0) is 17.5 Å². The van der Waals surface area contributed by atoms with Crippen molar-refractivity contribution in [3.8, 4) is 0 Å². The van der Waals surface area contributed by atoms with Gasteiger partial charge in [-0.1, -0.05) is 29.6 Å². The predicted molar refractivity (Wildman–Crippen MR) is 171 cm³/mol. The molecule has 2 amide bonds. The quantitative estimate of drug-likeness (QED) is 0.255. The van der Waals surface area contributed by atoms with Crippen LogP contribution in [0.3, 0.4) is 0 Å². The van der Waals surface area contributed by atoms with Gasteiger partial charge in [0.1, 0.15) is 0 Å². The van der Waals surface area contributed by atoms with Gasteiger partial charge in [-0.05, 0) is 111 Å². The average molecular weight is 650 g/mol. The third kappa shape index (κ3) is 5.35. The molecule has 3 atom stereocenters. The highest BCUT2D eigenvalue weighted by atomic mass is 32.1. The Bertz CT molecular complexity index is 1700. The minimum Gasteiger partial charge on any atom is -0.339 e. The highest BCUT2D eigenvalue weighted by Gasteiger charge is 2.46. The molecule has 242 valence electrons. The number of aromatic nitrogens is 2. The maximum absolute atomic E-state index is 14.6. The predicted octanol–water partition coefficient (Wildman–Crippen LogP) is 7.13. The van der Waals surface area contributed by atoms with Crippen LogP contribution in [0, 0.1) is 18.3 Å². The monoisotopic (exact) mass is 649 g/mol. The minimum atomic E-state index is -4.61. The molecular formula is C35H38F3N5O2S. The van der Waals surface area contributed by atoms with Crippen molar-refractivity contribution < 1.29 is 22.8 Å². The normalized spacial score (nSPS) is 23.2. The van der Waals surface area contributed by atoms with Crippen molar-refractivity contribution in [2.75, 3.05) is 31.1 Å². The van der Waals surface area contributed by atoms with Crippen molar-refractivity contribution in [3.05, 3.63) is 87.4 Å². The van der Waals surface area contributed by atoms with Gasteiger partial charge in [0.05, 0.1) is 17.8 Å². The fourth-order valence-electron chi connectivity index (χ4n) is 8.07. The topological polar surface area (TPSA) is 69.6 Å². The molecule has 0 radical (unpaired) electrons. The molecule has 4 aliphatic rings. The summed E-state index contributed by atoms with van der Waals surface area (Å²) in [6, 6.07) is 10.3. The smallest absolute Gasteiger partial charge is 0.339 e. The number of amides is 2. The second-order valence-corrected chi connectivity index (χ2v) is 14.5. The number of alkyl halides is 3. The van der Waals surface area contributed by atoms with Crippen LogP contribution in [0.2, 0.25) is 0 Å². The van der Waals surface area contributed by atoms with Crippen LogP contribution in [0.15, 0.2) is 49.1 Å². The summed E-state index contributed by atoms with van der Waals surface area (Å²) in [5.74, 6) is -0.0362. The summed E-state index contributed by atoms with van der Waals surface area (Å²) in [5, 5.41) is 4.44. The first-order chi connectivity index (χ1) is 22.0. The molecule has 11 heteroatoms. The lowest BCUT2D eigenvalue weighted by Gasteiger charge is -2.34. The Morgan fingerprint density at radius 2 is 1.91 bits per heavy atom. The summed E-state index contributed by atoms with van der Waals surface area (Å²) in [7, 11) is 0. The van der Waals surface area contributed by atoms with Crippen molar-refractivity contribution in [2.24, 2.45) is 11.3 Å². The van der Waals surface area contributed by atoms with E-state index in [1.807, 2.05) is 36.9 Å². The molecule has 0 N–H and O–H groups in total. The number of fused-ring (bicyclic) bond motifs is 1. The molecule has 46 heavy (non-hydrogen) atoms. The van der Waals surface area contributed by atoms with Crippen LogP contribution in [0.5, 0.6) is 0 Å². The van der Waals surface area contributed by atoms with Gasteiger partial charge in [-0.2, -0.15) is 13.2 Å². The zero-order chi connectivity index (χ0) is 32.4. The van der Waals surface area contributed by atoms with Crippen molar-refractivity contribution in [1.82, 2.24) is 19.4 Å². The number of anilines is 1. The first kappa shape index (κ1) is 31.1. The molecule has 3 fully saturated rings. The Morgan fingerprint density at radius 1 is 1.13 bits per heavy atom. The number of hydrogen-bond donors (Lipinski definition) is 0. The zero-order valence-corrected chi connectivity index (χ0v) is 27.0. The second-order valence-electron chi connectivity index (χ2n) is 13.6. The van der Waals surface area contributed by atoms with Crippen LogP contribution in [-0.4, -0.2) is 57.4 Å². The number of nitrogens with zero attached hydrogens (tertiary/aromatic N) is 5. The fraction of sp³-hybridized carbons (Fsp3) is 0.486. The largest absolute Gasteiger partial charge is 0.416 e. The number of hydrogen-bond acceptors (Lipinski definition) is 6. The molecular weight excluding hydrogens is 611 g/mol. The molecule has 7 rings (SSSR count). The Balaban J connectivity index is 1.17. The molecule has 7 nitrogen and oxygen atoms in total. The van der Waals surface area contributed by atoms with E-state index in [9.17, 15) is 22.8 Å². The van der Waals surface area contributed by atoms with E-state index in [-0.39, 0.29) is 41.0 Å². The van der Waals surface area contributed by atoms with Crippen molar-refractivity contribution >= 4 is 29.0 Å². The molecule has 1 aromatic heterocycles. The molecule has 2 saturated heterocycles. The zero-order valence-electron chi connectivity index (χ0n) is 26.1. The highest BCUT2D eigenvalue weighted by Crippen LogP contribution is 2.47. The number of benzene rings is 2. The van der Waals surface area contributed by atoms with Gasteiger partial charge in [-0.15, -0.1) is 5.10 Å². The van der Waals surface area contributed by atoms with E-state index in [1.165, 1.54) is 28.6 Å². The van der Waals surface area contributed by atoms with Gasteiger partial charge in [0.2, 0.25) is 5.91 Å². The Hall–Kier alpha value is -3.57. The van der Waals surface area contributed by atoms with Gasteiger partial charge < -0.3 is 9.80 Å². The lowest BCUT2D eigenvalue weighted by molar-refractivity contribution is -0.138. The summed E-state index contributed by atoms with van der Waals surface area (Å²) in [5.41, 5.74) is 2.37. The molecule has 3 aliphatic heterocycles. The summed E-state index contributed by atoms with van der Waals surface area (Å²) in [6.07, 6.45) is 1.78. The molecule has 2 aromatic carbocycles. The van der Waals surface area contributed by atoms with Gasteiger partial charge in [-0.3, -0.25) is 14.5 Å². The van der Waals surface area contributed by atoms with E-state index in [2.05, 4.69) is 21.1 Å². The molecule has 4 heterocycles. The van der Waals surface area contributed by atoms with Crippen molar-refractivity contribution in [2.45, 2.75) is 70.6 Å². The van der Waals surface area contributed by atoms with Crippen LogP contribution in [0.25, 0.3) is 0 Å². The van der Waals surface area contributed by atoms with E-state index >= 15 is 0 Å². The first-order valence-electron chi connectivity index (χ1n) is 16.1. The number of carbonyl (C=O) groups is 2. The number of likely N-dealkylation sites (tertiary alicyclic amines) is 2. The molecule has 0 unspecified atom stereocenters. The molecule has 1 saturated carbocycles. The number of halogens is 3. The Kier molecular flexibility index (Phi) is 7.83. The lowest BCUT2D eigenvalue weighted by Crippen LogP contribution is -2.34. The molecule has 0 bridgehead atoms. The Morgan fingerprint density at radius 3 is 2.59 bits per heavy atom. The fourth-order valence-corrected chi connectivity index (χ4v) is 8.58. The lowest BCUT2D eigenvalue weighted by atomic mass is 9.71. The molecule has 3 aromatic rings. The average Bonchev–Trinajstić information content (AvgIpc) is 3.81. The van der Waals surface area contributed by atoms with Crippen LogP contribution in [0.4, 0.5) is 18.9 Å². The summed E-state index contributed by atoms with van der Waals surface area (Å²) in [6.45, 7) is 10.1.